The minimum absolute atomic E-state index is 0.140. The number of carbonyl (C=O) groups excluding carboxylic acids is 2. The molecule has 158 valence electrons. The van der Waals surface area contributed by atoms with Crippen molar-refractivity contribution < 1.29 is 14.3 Å². The number of hydrogen-bond acceptors (Lipinski definition) is 3. The van der Waals surface area contributed by atoms with Gasteiger partial charge in [0.05, 0.1) is 0 Å². The van der Waals surface area contributed by atoms with Crippen molar-refractivity contribution in [1.29, 1.82) is 0 Å². The molecule has 31 heavy (non-hydrogen) atoms. The number of rotatable bonds is 6. The molecule has 0 bridgehead atoms. The molecule has 0 aromatic heterocycles. The van der Waals surface area contributed by atoms with Gasteiger partial charge >= 0.3 is 5.97 Å². The Morgan fingerprint density at radius 3 is 1.58 bits per heavy atom. The molecule has 1 atom stereocenters. The van der Waals surface area contributed by atoms with Crippen molar-refractivity contribution in [3.8, 4) is 0 Å². The molecule has 1 heterocycles. The Kier molecular flexibility index (Phi) is 6.78. The smallest absolute Gasteiger partial charge is 0.319 e. The second-order valence-corrected chi connectivity index (χ2v) is 7.87. The van der Waals surface area contributed by atoms with E-state index < -0.39 is 18.0 Å². The average Bonchev–Trinajstić information content (AvgIpc) is 2.85. The molecule has 0 saturated carbocycles. The predicted octanol–water partition coefficient (Wildman–Crippen LogP) is 5.12. The van der Waals surface area contributed by atoms with Gasteiger partial charge in [0, 0.05) is 18.7 Å². The van der Waals surface area contributed by atoms with E-state index in [1.54, 1.807) is 0 Å². The molecule has 0 spiro atoms. The third kappa shape index (κ3) is 5.02. The molecule has 1 aliphatic rings. The number of nitrogens with zero attached hydrogens (tertiary/aromatic N) is 1. The molecule has 4 rings (SSSR count). The molecule has 0 unspecified atom stereocenters. The summed E-state index contributed by atoms with van der Waals surface area (Å²) in [4.78, 5) is 28.7. The van der Waals surface area contributed by atoms with Gasteiger partial charge in [-0.3, -0.25) is 9.59 Å². The normalized spacial score (nSPS) is 14.8. The maximum absolute atomic E-state index is 13.5. The van der Waals surface area contributed by atoms with E-state index in [0.717, 1.165) is 30.4 Å². The standard InChI is InChI=1S/C27H27NO3/c29-26(28-19-11-4-12-20-28)25(23-17-9-3-10-18-23)31-27(30)24(21-13-5-1-6-14-21)22-15-7-2-8-16-22/h1-3,5-10,13-18,24-25H,4,11-12,19-20H2/t25-/m1/s1. The first-order chi connectivity index (χ1) is 15.2. The Bertz CT molecular complexity index is 943. The van der Waals surface area contributed by atoms with Crippen LogP contribution in [0.3, 0.4) is 0 Å². The van der Waals surface area contributed by atoms with Gasteiger partial charge in [0.25, 0.3) is 5.91 Å². The van der Waals surface area contributed by atoms with Crippen LogP contribution in [0.2, 0.25) is 0 Å². The predicted molar refractivity (Wildman–Crippen MR) is 120 cm³/mol. The largest absolute Gasteiger partial charge is 0.447 e. The zero-order valence-electron chi connectivity index (χ0n) is 17.5. The Morgan fingerprint density at radius 2 is 1.10 bits per heavy atom. The highest BCUT2D eigenvalue weighted by molar-refractivity contribution is 5.88. The van der Waals surface area contributed by atoms with Crippen LogP contribution in [0.4, 0.5) is 0 Å². The molecule has 0 N–H and O–H groups in total. The lowest BCUT2D eigenvalue weighted by Gasteiger charge is -2.31. The van der Waals surface area contributed by atoms with E-state index in [4.69, 9.17) is 4.74 Å². The first-order valence-electron chi connectivity index (χ1n) is 10.9. The second-order valence-electron chi connectivity index (χ2n) is 7.87. The molecule has 1 aliphatic heterocycles. The lowest BCUT2D eigenvalue weighted by molar-refractivity contribution is -0.162. The first-order valence-corrected chi connectivity index (χ1v) is 10.9. The molecule has 0 aliphatic carbocycles. The fourth-order valence-corrected chi connectivity index (χ4v) is 4.11. The van der Waals surface area contributed by atoms with Gasteiger partial charge < -0.3 is 9.64 Å². The van der Waals surface area contributed by atoms with Crippen molar-refractivity contribution in [3.63, 3.8) is 0 Å². The zero-order valence-corrected chi connectivity index (χ0v) is 17.5. The summed E-state index contributed by atoms with van der Waals surface area (Å²) in [5, 5.41) is 0. The van der Waals surface area contributed by atoms with E-state index in [2.05, 4.69) is 0 Å². The molecule has 3 aromatic rings. The van der Waals surface area contributed by atoms with E-state index in [9.17, 15) is 9.59 Å². The minimum atomic E-state index is -0.943. The Morgan fingerprint density at radius 1 is 0.645 bits per heavy atom. The third-order valence-corrected chi connectivity index (χ3v) is 5.73. The fraction of sp³-hybridized carbons (Fsp3) is 0.259. The highest BCUT2D eigenvalue weighted by Gasteiger charge is 2.33. The van der Waals surface area contributed by atoms with Crippen LogP contribution in [-0.4, -0.2) is 29.9 Å². The average molecular weight is 414 g/mol. The van der Waals surface area contributed by atoms with Crippen LogP contribution < -0.4 is 0 Å². The Hall–Kier alpha value is -3.40. The van der Waals surface area contributed by atoms with Crippen LogP contribution in [0.25, 0.3) is 0 Å². The number of benzene rings is 3. The van der Waals surface area contributed by atoms with Crippen LogP contribution in [0.5, 0.6) is 0 Å². The molecular weight excluding hydrogens is 386 g/mol. The maximum Gasteiger partial charge on any atom is 0.319 e. The van der Waals surface area contributed by atoms with Gasteiger partial charge in [0.2, 0.25) is 6.10 Å². The van der Waals surface area contributed by atoms with Crippen LogP contribution >= 0.6 is 0 Å². The fourth-order valence-electron chi connectivity index (χ4n) is 4.11. The topological polar surface area (TPSA) is 46.6 Å². The van der Waals surface area contributed by atoms with Gasteiger partial charge in [-0.2, -0.15) is 0 Å². The van der Waals surface area contributed by atoms with Crippen LogP contribution in [0, 0.1) is 0 Å². The highest BCUT2D eigenvalue weighted by atomic mass is 16.5. The summed E-state index contributed by atoms with van der Waals surface area (Å²) in [5.74, 6) is -1.15. The molecule has 0 radical (unpaired) electrons. The van der Waals surface area contributed by atoms with Gasteiger partial charge in [-0.15, -0.1) is 0 Å². The summed E-state index contributed by atoms with van der Waals surface area (Å²) in [5.41, 5.74) is 2.39. The molecule has 1 fully saturated rings. The Labute approximate surface area is 183 Å². The number of hydrogen-bond donors (Lipinski definition) is 0. The third-order valence-electron chi connectivity index (χ3n) is 5.73. The molecule has 1 amide bonds. The zero-order chi connectivity index (χ0) is 21.5. The van der Waals surface area contributed by atoms with Gasteiger partial charge in [0.1, 0.15) is 5.92 Å². The van der Waals surface area contributed by atoms with Crippen molar-refractivity contribution >= 4 is 11.9 Å². The van der Waals surface area contributed by atoms with Crippen molar-refractivity contribution in [2.45, 2.75) is 31.3 Å². The summed E-state index contributed by atoms with van der Waals surface area (Å²) in [6.45, 7) is 1.42. The second kappa shape index (κ2) is 10.1. The number of piperidine rings is 1. The summed E-state index contributed by atoms with van der Waals surface area (Å²) >= 11 is 0. The highest BCUT2D eigenvalue weighted by Crippen LogP contribution is 2.30. The van der Waals surface area contributed by atoms with E-state index in [0.29, 0.717) is 18.7 Å². The van der Waals surface area contributed by atoms with E-state index in [-0.39, 0.29) is 5.91 Å². The lowest BCUT2D eigenvalue weighted by Crippen LogP contribution is -2.40. The van der Waals surface area contributed by atoms with Crippen molar-refractivity contribution in [2.75, 3.05) is 13.1 Å². The van der Waals surface area contributed by atoms with E-state index in [1.165, 1.54) is 0 Å². The first kappa shape index (κ1) is 20.9. The number of likely N-dealkylation sites (tertiary alicyclic amines) is 1. The number of ether oxygens (including phenoxy) is 1. The van der Waals surface area contributed by atoms with Gasteiger partial charge in [-0.1, -0.05) is 91.0 Å². The number of esters is 1. The van der Waals surface area contributed by atoms with Crippen LogP contribution in [0.15, 0.2) is 91.0 Å². The van der Waals surface area contributed by atoms with Gasteiger partial charge in [-0.25, -0.2) is 0 Å². The molecular formula is C27H27NO3. The van der Waals surface area contributed by atoms with Gasteiger partial charge in [0.15, 0.2) is 0 Å². The van der Waals surface area contributed by atoms with Crippen molar-refractivity contribution in [2.24, 2.45) is 0 Å². The molecule has 3 aromatic carbocycles. The lowest BCUT2D eigenvalue weighted by atomic mass is 9.91. The SMILES string of the molecule is O=C(O[C@@H](C(=O)N1CCCCC1)c1ccccc1)C(c1ccccc1)c1ccccc1. The molecule has 4 nitrogen and oxygen atoms in total. The minimum Gasteiger partial charge on any atom is -0.447 e. The molecule has 1 saturated heterocycles. The number of carbonyl (C=O) groups is 2. The van der Waals surface area contributed by atoms with Crippen LogP contribution in [0.1, 0.15) is 48.0 Å². The summed E-state index contributed by atoms with van der Waals surface area (Å²) in [6.07, 6.45) is 2.15. The summed E-state index contributed by atoms with van der Waals surface area (Å²) in [6, 6.07) is 28.5. The van der Waals surface area contributed by atoms with Gasteiger partial charge in [-0.05, 0) is 30.4 Å². The Balaban J connectivity index is 1.65. The monoisotopic (exact) mass is 413 g/mol. The van der Waals surface area contributed by atoms with E-state index >= 15 is 0 Å². The number of amides is 1. The van der Waals surface area contributed by atoms with E-state index in [1.807, 2.05) is 95.9 Å². The maximum atomic E-state index is 13.5. The van der Waals surface area contributed by atoms with Crippen LogP contribution in [-0.2, 0) is 14.3 Å². The summed E-state index contributed by atoms with van der Waals surface area (Å²) in [7, 11) is 0. The quantitative estimate of drug-likeness (QED) is 0.527. The van der Waals surface area contributed by atoms with Crippen molar-refractivity contribution in [1.82, 2.24) is 4.90 Å². The summed E-state index contributed by atoms with van der Waals surface area (Å²) < 4.78 is 5.99. The van der Waals surface area contributed by atoms with Crippen molar-refractivity contribution in [3.05, 3.63) is 108 Å². The molecule has 4 heteroatoms.